The van der Waals surface area contributed by atoms with Gasteiger partial charge in [0.05, 0.1) is 5.69 Å². The molecule has 3 N–H and O–H groups in total. The molecule has 0 spiro atoms. The van der Waals surface area contributed by atoms with Crippen LogP contribution in [0.5, 0.6) is 0 Å². The molecule has 0 aliphatic rings. The standard InChI is InChI=1S/C15H18N4O2S.ClH/c1-10(20)16-8-7-12-3-5-13(6-4-12)14-9-22-15(17-14)19-18-11(2)21;/h3-6,9H,7-8H2,1-2H3,(H,16,20)(H,17,19)(H,18,21);1H. The molecule has 0 atom stereocenters. The third kappa shape index (κ3) is 6.25. The molecule has 0 saturated carbocycles. The topological polar surface area (TPSA) is 83.1 Å². The van der Waals surface area contributed by atoms with Crippen molar-refractivity contribution in [1.82, 2.24) is 15.7 Å². The number of hydrogen-bond acceptors (Lipinski definition) is 5. The SMILES string of the molecule is CC(=O)NCCc1ccc(-c2csc(NNC(C)=O)n2)cc1.Cl. The lowest BCUT2D eigenvalue weighted by Gasteiger charge is -2.04. The van der Waals surface area contributed by atoms with Crippen LogP contribution in [0, 0.1) is 0 Å². The molecule has 0 bridgehead atoms. The predicted octanol–water partition coefficient (Wildman–Crippen LogP) is 2.37. The molecular weight excluding hydrogens is 336 g/mol. The van der Waals surface area contributed by atoms with Gasteiger partial charge in [0.15, 0.2) is 0 Å². The summed E-state index contributed by atoms with van der Waals surface area (Å²) in [7, 11) is 0. The van der Waals surface area contributed by atoms with E-state index in [1.54, 1.807) is 0 Å². The summed E-state index contributed by atoms with van der Waals surface area (Å²) < 4.78 is 0. The van der Waals surface area contributed by atoms with E-state index in [4.69, 9.17) is 0 Å². The van der Waals surface area contributed by atoms with E-state index < -0.39 is 0 Å². The number of thiazole rings is 1. The van der Waals surface area contributed by atoms with Crippen LogP contribution >= 0.6 is 23.7 Å². The van der Waals surface area contributed by atoms with Crippen LogP contribution in [0.15, 0.2) is 29.6 Å². The maximum atomic E-state index is 10.8. The molecule has 0 aliphatic carbocycles. The van der Waals surface area contributed by atoms with Gasteiger partial charge in [-0.2, -0.15) is 0 Å². The zero-order chi connectivity index (χ0) is 15.9. The molecule has 23 heavy (non-hydrogen) atoms. The van der Waals surface area contributed by atoms with Gasteiger partial charge in [0, 0.05) is 31.3 Å². The number of benzene rings is 1. The van der Waals surface area contributed by atoms with Gasteiger partial charge in [-0.25, -0.2) is 4.98 Å². The molecule has 1 aromatic carbocycles. The van der Waals surface area contributed by atoms with Crippen molar-refractivity contribution in [3.05, 3.63) is 35.2 Å². The van der Waals surface area contributed by atoms with Crippen molar-refractivity contribution in [3.63, 3.8) is 0 Å². The smallest absolute Gasteiger partial charge is 0.235 e. The highest BCUT2D eigenvalue weighted by Crippen LogP contribution is 2.24. The molecule has 0 unspecified atom stereocenters. The number of hydrogen-bond donors (Lipinski definition) is 3. The Morgan fingerprint density at radius 2 is 1.83 bits per heavy atom. The number of aromatic nitrogens is 1. The van der Waals surface area contributed by atoms with Crippen LogP contribution in [0.2, 0.25) is 0 Å². The van der Waals surface area contributed by atoms with E-state index in [0.717, 1.165) is 23.2 Å². The molecule has 2 amide bonds. The third-order valence-electron chi connectivity index (χ3n) is 2.89. The average Bonchev–Trinajstić information content (AvgIpc) is 2.94. The molecular formula is C15H19ClN4O2S. The normalized spacial score (nSPS) is 9.65. The molecule has 0 aliphatic heterocycles. The number of carbonyl (C=O) groups excluding carboxylic acids is 2. The van der Waals surface area contributed by atoms with Crippen LogP contribution in [-0.4, -0.2) is 23.3 Å². The Hall–Kier alpha value is -2.12. The highest BCUT2D eigenvalue weighted by molar-refractivity contribution is 7.14. The van der Waals surface area contributed by atoms with E-state index >= 15 is 0 Å². The Bertz CT molecular complexity index is 658. The Labute approximate surface area is 145 Å². The summed E-state index contributed by atoms with van der Waals surface area (Å²) >= 11 is 1.42. The van der Waals surface area contributed by atoms with Gasteiger partial charge in [0.1, 0.15) is 0 Å². The number of nitrogens with zero attached hydrogens (tertiary/aromatic N) is 1. The fourth-order valence-corrected chi connectivity index (χ4v) is 2.50. The number of carbonyl (C=O) groups is 2. The van der Waals surface area contributed by atoms with Crippen LogP contribution in [0.25, 0.3) is 11.3 Å². The molecule has 1 aromatic heterocycles. The summed E-state index contributed by atoms with van der Waals surface area (Å²) in [6, 6.07) is 8.05. The largest absolute Gasteiger partial charge is 0.356 e. The predicted molar refractivity (Wildman–Crippen MR) is 94.6 cm³/mol. The summed E-state index contributed by atoms with van der Waals surface area (Å²) in [6.45, 7) is 3.58. The summed E-state index contributed by atoms with van der Waals surface area (Å²) in [5, 5.41) is 5.34. The quantitative estimate of drug-likeness (QED) is 0.695. The third-order valence-corrected chi connectivity index (χ3v) is 3.64. The van der Waals surface area contributed by atoms with Gasteiger partial charge in [-0.05, 0) is 12.0 Å². The molecule has 1 heterocycles. The number of hydrazine groups is 1. The molecule has 0 saturated heterocycles. The van der Waals surface area contributed by atoms with Gasteiger partial charge in [0.2, 0.25) is 16.9 Å². The molecule has 2 aromatic rings. The molecule has 8 heteroatoms. The molecule has 124 valence electrons. The van der Waals surface area contributed by atoms with Crippen molar-refractivity contribution >= 4 is 40.7 Å². The van der Waals surface area contributed by atoms with Gasteiger partial charge in [-0.1, -0.05) is 24.3 Å². The van der Waals surface area contributed by atoms with Crippen LogP contribution < -0.4 is 16.2 Å². The van der Waals surface area contributed by atoms with Crippen molar-refractivity contribution in [2.24, 2.45) is 0 Å². The molecule has 6 nitrogen and oxygen atoms in total. The van der Waals surface area contributed by atoms with Gasteiger partial charge >= 0.3 is 0 Å². The second-order valence-corrected chi connectivity index (χ2v) is 5.63. The molecule has 0 fully saturated rings. The summed E-state index contributed by atoms with van der Waals surface area (Å²) in [5.41, 5.74) is 8.26. The van der Waals surface area contributed by atoms with E-state index in [1.165, 1.54) is 25.2 Å². The lowest BCUT2D eigenvalue weighted by atomic mass is 10.1. The monoisotopic (exact) mass is 354 g/mol. The first-order chi connectivity index (χ1) is 10.5. The minimum atomic E-state index is -0.166. The minimum Gasteiger partial charge on any atom is -0.356 e. The average molecular weight is 355 g/mol. The minimum absolute atomic E-state index is 0. The highest BCUT2D eigenvalue weighted by Gasteiger charge is 2.05. The summed E-state index contributed by atoms with van der Waals surface area (Å²) in [5.74, 6) is -0.182. The molecule has 0 radical (unpaired) electrons. The Kier molecular flexibility index (Phi) is 7.50. The van der Waals surface area contributed by atoms with Crippen LogP contribution in [0.4, 0.5) is 5.13 Å². The maximum absolute atomic E-state index is 10.8. The first kappa shape index (κ1) is 18.9. The maximum Gasteiger partial charge on any atom is 0.235 e. The first-order valence-corrected chi connectivity index (χ1v) is 7.74. The zero-order valence-corrected chi connectivity index (χ0v) is 14.5. The van der Waals surface area contributed by atoms with Crippen molar-refractivity contribution < 1.29 is 9.59 Å². The second-order valence-electron chi connectivity index (χ2n) is 4.77. The number of anilines is 1. The number of rotatable bonds is 6. The summed E-state index contributed by atoms with van der Waals surface area (Å²) in [4.78, 5) is 26.1. The van der Waals surface area contributed by atoms with E-state index in [0.29, 0.717) is 11.7 Å². The zero-order valence-electron chi connectivity index (χ0n) is 12.9. The lowest BCUT2D eigenvalue weighted by molar-refractivity contribution is -0.119. The Morgan fingerprint density at radius 1 is 1.13 bits per heavy atom. The van der Waals surface area contributed by atoms with Crippen molar-refractivity contribution in [3.8, 4) is 11.3 Å². The van der Waals surface area contributed by atoms with Gasteiger partial charge in [-0.15, -0.1) is 23.7 Å². The second kappa shape index (κ2) is 9.12. The first-order valence-electron chi connectivity index (χ1n) is 6.86. The van der Waals surface area contributed by atoms with Crippen LogP contribution in [0.3, 0.4) is 0 Å². The Morgan fingerprint density at radius 3 is 2.43 bits per heavy atom. The van der Waals surface area contributed by atoms with Crippen molar-refractivity contribution in [2.45, 2.75) is 20.3 Å². The van der Waals surface area contributed by atoms with E-state index in [1.807, 2.05) is 29.6 Å². The van der Waals surface area contributed by atoms with E-state index in [9.17, 15) is 9.59 Å². The van der Waals surface area contributed by atoms with Gasteiger partial charge in [0.25, 0.3) is 0 Å². The highest BCUT2D eigenvalue weighted by atomic mass is 35.5. The fraction of sp³-hybridized carbons (Fsp3) is 0.267. The number of amides is 2. The van der Waals surface area contributed by atoms with E-state index in [-0.39, 0.29) is 24.2 Å². The molecule has 2 rings (SSSR count). The van der Waals surface area contributed by atoms with E-state index in [2.05, 4.69) is 21.2 Å². The fourth-order valence-electron chi connectivity index (χ4n) is 1.83. The van der Waals surface area contributed by atoms with Gasteiger partial charge < -0.3 is 5.32 Å². The lowest BCUT2D eigenvalue weighted by Crippen LogP contribution is -2.26. The number of nitrogens with one attached hydrogen (secondary N) is 3. The van der Waals surface area contributed by atoms with Gasteiger partial charge in [-0.3, -0.25) is 20.4 Å². The van der Waals surface area contributed by atoms with Crippen LogP contribution in [0.1, 0.15) is 19.4 Å². The number of halogens is 1. The van der Waals surface area contributed by atoms with Crippen molar-refractivity contribution in [2.75, 3.05) is 12.0 Å². The summed E-state index contributed by atoms with van der Waals surface area (Å²) in [6.07, 6.45) is 0.798. The van der Waals surface area contributed by atoms with Crippen LogP contribution in [-0.2, 0) is 16.0 Å². The Balaban J connectivity index is 0.00000264. The van der Waals surface area contributed by atoms with Crippen molar-refractivity contribution in [1.29, 1.82) is 0 Å².